The van der Waals surface area contributed by atoms with Crippen LogP contribution in [0.2, 0.25) is 0 Å². The van der Waals surface area contributed by atoms with E-state index in [4.69, 9.17) is 10.8 Å². The number of pyridine rings is 1. The van der Waals surface area contributed by atoms with Gasteiger partial charge in [-0.25, -0.2) is 9.97 Å². The molecule has 0 aromatic carbocycles. The summed E-state index contributed by atoms with van der Waals surface area (Å²) in [6.07, 6.45) is 6.93. The van der Waals surface area contributed by atoms with Gasteiger partial charge in [-0.15, -0.1) is 0 Å². The van der Waals surface area contributed by atoms with Crippen LogP contribution in [0.3, 0.4) is 0 Å². The van der Waals surface area contributed by atoms with Gasteiger partial charge in [0.15, 0.2) is 0 Å². The van der Waals surface area contributed by atoms with Crippen LogP contribution < -0.4 is 5.73 Å². The number of nitrogens with two attached hydrogens (primary N) is 1. The summed E-state index contributed by atoms with van der Waals surface area (Å²) in [6, 6.07) is 3.60. The van der Waals surface area contributed by atoms with Gasteiger partial charge in [0.2, 0.25) is 0 Å². The highest BCUT2D eigenvalue weighted by Crippen LogP contribution is 2.24. The van der Waals surface area contributed by atoms with E-state index in [9.17, 15) is 5.11 Å². The molecule has 114 valence electrons. The Morgan fingerprint density at radius 2 is 2.14 bits per heavy atom. The van der Waals surface area contributed by atoms with Crippen molar-refractivity contribution in [2.24, 2.45) is 0 Å². The van der Waals surface area contributed by atoms with Crippen LogP contribution in [0.1, 0.15) is 26.2 Å². The summed E-state index contributed by atoms with van der Waals surface area (Å²) in [5.41, 5.74) is 5.73. The summed E-state index contributed by atoms with van der Waals surface area (Å²) >= 11 is 0. The third kappa shape index (κ3) is 3.80. The Hall–Kier alpha value is -1.92. The first-order chi connectivity index (χ1) is 10.1. The Balaban J connectivity index is 2.24. The zero-order valence-electron chi connectivity index (χ0n) is 12.2. The van der Waals surface area contributed by atoms with Gasteiger partial charge >= 0.3 is 0 Å². The molecular formula is C15H22N4O2. The number of rotatable bonds is 7. The summed E-state index contributed by atoms with van der Waals surface area (Å²) in [6.45, 7) is 2.46. The molecule has 6 heteroatoms. The predicted molar refractivity (Wildman–Crippen MR) is 81.4 cm³/mol. The number of aliphatic hydroxyl groups is 2. The number of hydrogen-bond donors (Lipinski definition) is 3. The molecule has 21 heavy (non-hydrogen) atoms. The number of nitrogens with zero attached hydrogens (tertiary/aromatic N) is 3. The lowest BCUT2D eigenvalue weighted by Gasteiger charge is -2.27. The molecule has 0 aliphatic carbocycles. The Bertz CT molecular complexity index is 585. The number of nitrogen functional groups attached to an aromatic ring is 1. The van der Waals surface area contributed by atoms with E-state index in [1.807, 2.05) is 23.8 Å². The maximum Gasteiger partial charge on any atom is 0.140 e. The van der Waals surface area contributed by atoms with Crippen molar-refractivity contribution in [2.75, 3.05) is 12.3 Å². The zero-order chi connectivity index (χ0) is 15.3. The third-order valence-electron chi connectivity index (χ3n) is 3.68. The number of aliphatic hydroxyl groups excluding tert-OH is 1. The number of aromatic nitrogens is 3. The first-order valence-corrected chi connectivity index (χ1v) is 7.14. The van der Waals surface area contributed by atoms with Crippen molar-refractivity contribution >= 4 is 5.82 Å². The van der Waals surface area contributed by atoms with E-state index in [-0.39, 0.29) is 6.61 Å². The molecule has 0 radical (unpaired) electrons. The van der Waals surface area contributed by atoms with E-state index >= 15 is 0 Å². The van der Waals surface area contributed by atoms with Crippen LogP contribution in [-0.4, -0.2) is 37.0 Å². The molecular weight excluding hydrogens is 268 g/mol. The predicted octanol–water partition coefficient (Wildman–Crippen LogP) is 1.44. The first kappa shape index (κ1) is 15.5. The Morgan fingerprint density at radius 3 is 2.81 bits per heavy atom. The molecule has 0 saturated heterocycles. The maximum absolute atomic E-state index is 10.7. The largest absolute Gasteiger partial charge is 0.396 e. The lowest BCUT2D eigenvalue weighted by atomic mass is 9.94. The fourth-order valence-corrected chi connectivity index (χ4v) is 2.38. The van der Waals surface area contributed by atoms with E-state index < -0.39 is 5.60 Å². The second kappa shape index (κ2) is 6.69. The van der Waals surface area contributed by atoms with E-state index in [2.05, 4.69) is 9.97 Å². The zero-order valence-corrected chi connectivity index (χ0v) is 12.2. The molecule has 1 unspecified atom stereocenters. The Morgan fingerprint density at radius 1 is 1.33 bits per heavy atom. The van der Waals surface area contributed by atoms with Gasteiger partial charge < -0.3 is 20.5 Å². The first-order valence-electron chi connectivity index (χ1n) is 7.14. The summed E-state index contributed by atoms with van der Waals surface area (Å²) in [5.74, 6) is 1.19. The van der Waals surface area contributed by atoms with Crippen LogP contribution in [0.15, 0.2) is 30.7 Å². The molecule has 0 fully saturated rings. The van der Waals surface area contributed by atoms with Gasteiger partial charge in [0, 0.05) is 30.8 Å². The van der Waals surface area contributed by atoms with Gasteiger partial charge in [-0.1, -0.05) is 6.92 Å². The normalized spacial score (nSPS) is 14.0. The lowest BCUT2D eigenvalue weighted by molar-refractivity contribution is 0.00528. The molecule has 0 aliphatic rings. The minimum Gasteiger partial charge on any atom is -0.396 e. The van der Waals surface area contributed by atoms with Crippen molar-refractivity contribution in [3.8, 4) is 11.4 Å². The summed E-state index contributed by atoms with van der Waals surface area (Å²) in [7, 11) is 0. The second-order valence-corrected chi connectivity index (χ2v) is 5.25. The van der Waals surface area contributed by atoms with Gasteiger partial charge in [0.1, 0.15) is 11.6 Å². The van der Waals surface area contributed by atoms with Gasteiger partial charge in [-0.2, -0.15) is 0 Å². The van der Waals surface area contributed by atoms with Crippen LogP contribution in [0.25, 0.3) is 11.4 Å². The summed E-state index contributed by atoms with van der Waals surface area (Å²) in [4.78, 5) is 8.32. The average molecular weight is 290 g/mol. The smallest absolute Gasteiger partial charge is 0.140 e. The second-order valence-electron chi connectivity index (χ2n) is 5.25. The standard InChI is InChI=1S/C15H22N4O2/c1-2-15(21,5-3-9-20)11-19-8-7-18-14(19)12-4-6-17-13(16)10-12/h4,6-8,10,20-21H,2-3,5,9,11H2,1H3,(H2,16,17). The SMILES string of the molecule is CCC(O)(CCCO)Cn1ccnc1-c1ccnc(N)c1. The monoisotopic (exact) mass is 290 g/mol. The highest BCUT2D eigenvalue weighted by molar-refractivity contribution is 5.58. The van der Waals surface area contributed by atoms with Crippen LogP contribution >= 0.6 is 0 Å². The lowest BCUT2D eigenvalue weighted by Crippen LogP contribution is -2.33. The molecule has 0 aliphatic heterocycles. The van der Waals surface area contributed by atoms with Crippen LogP contribution in [0.5, 0.6) is 0 Å². The highest BCUT2D eigenvalue weighted by Gasteiger charge is 2.25. The van der Waals surface area contributed by atoms with Crippen molar-refractivity contribution in [2.45, 2.75) is 38.3 Å². The molecule has 1 atom stereocenters. The fraction of sp³-hybridized carbons (Fsp3) is 0.467. The van der Waals surface area contributed by atoms with Crippen LogP contribution in [-0.2, 0) is 6.54 Å². The van der Waals surface area contributed by atoms with E-state index in [1.54, 1.807) is 18.5 Å². The number of imidazole rings is 1. The molecule has 6 nitrogen and oxygen atoms in total. The molecule has 2 aromatic rings. The van der Waals surface area contributed by atoms with Gasteiger partial charge in [-0.3, -0.25) is 0 Å². The van der Waals surface area contributed by atoms with Crippen molar-refractivity contribution < 1.29 is 10.2 Å². The van der Waals surface area contributed by atoms with E-state index in [0.717, 1.165) is 11.4 Å². The fourth-order valence-electron chi connectivity index (χ4n) is 2.38. The van der Waals surface area contributed by atoms with Crippen LogP contribution in [0.4, 0.5) is 5.82 Å². The average Bonchev–Trinajstić information content (AvgIpc) is 2.93. The van der Waals surface area contributed by atoms with Crippen molar-refractivity contribution in [3.05, 3.63) is 30.7 Å². The van der Waals surface area contributed by atoms with Crippen molar-refractivity contribution in [1.29, 1.82) is 0 Å². The number of anilines is 1. The minimum absolute atomic E-state index is 0.0833. The molecule has 2 aromatic heterocycles. The molecule has 0 amide bonds. The van der Waals surface area contributed by atoms with Crippen molar-refractivity contribution in [1.82, 2.24) is 14.5 Å². The molecule has 2 heterocycles. The molecule has 2 rings (SSSR count). The highest BCUT2D eigenvalue weighted by atomic mass is 16.3. The van der Waals surface area contributed by atoms with E-state index in [1.165, 1.54) is 0 Å². The molecule has 0 bridgehead atoms. The molecule has 0 spiro atoms. The minimum atomic E-state index is -0.850. The van der Waals surface area contributed by atoms with Gasteiger partial charge in [0.05, 0.1) is 12.1 Å². The molecule has 0 saturated carbocycles. The topological polar surface area (TPSA) is 97.2 Å². The Kier molecular flexibility index (Phi) is 4.93. The van der Waals surface area contributed by atoms with Gasteiger partial charge in [0.25, 0.3) is 0 Å². The van der Waals surface area contributed by atoms with E-state index in [0.29, 0.717) is 31.6 Å². The maximum atomic E-state index is 10.7. The summed E-state index contributed by atoms with van der Waals surface area (Å²) in [5, 5.41) is 19.6. The molecule has 4 N–H and O–H groups in total. The van der Waals surface area contributed by atoms with Crippen molar-refractivity contribution in [3.63, 3.8) is 0 Å². The summed E-state index contributed by atoms with van der Waals surface area (Å²) < 4.78 is 1.91. The third-order valence-corrected chi connectivity index (χ3v) is 3.68. The van der Waals surface area contributed by atoms with Crippen LogP contribution in [0, 0.1) is 0 Å². The van der Waals surface area contributed by atoms with Gasteiger partial charge in [-0.05, 0) is 31.4 Å². The quantitative estimate of drug-likeness (QED) is 0.717. The number of hydrogen-bond acceptors (Lipinski definition) is 5. The Labute approximate surface area is 124 Å².